The highest BCUT2D eigenvalue weighted by atomic mass is 15.2. The lowest BCUT2D eigenvalue weighted by atomic mass is 10.3. The Hall–Kier alpha value is -2.42. The molecule has 4 aromatic heterocycles. The number of imidazole rings is 2. The molecule has 0 saturated heterocycles. The molecule has 0 aliphatic carbocycles. The van der Waals surface area contributed by atoms with Gasteiger partial charge < -0.3 is 8.80 Å². The first-order valence-corrected chi connectivity index (χ1v) is 5.74. The third-order valence-corrected chi connectivity index (χ3v) is 3.65. The largest absolute Gasteiger partial charge is 0.301 e. The van der Waals surface area contributed by atoms with Gasteiger partial charge >= 0.3 is 0 Å². The predicted octanol–water partition coefficient (Wildman–Crippen LogP) is 3.04. The fourth-order valence-corrected chi connectivity index (χ4v) is 3.00. The van der Waals surface area contributed by atoms with Crippen molar-refractivity contribution in [1.29, 1.82) is 0 Å². The topological polar surface area (TPSA) is 13.2 Å². The highest BCUT2D eigenvalue weighted by molar-refractivity contribution is 5.99. The smallest absolute Gasteiger partial charge is 0.123 e. The molecule has 1 aromatic carbocycles. The van der Waals surface area contributed by atoms with Gasteiger partial charge in [0.15, 0.2) is 0 Å². The number of nitrogens with zero attached hydrogens (tertiary/aromatic N) is 3. The van der Waals surface area contributed by atoms with E-state index in [1.54, 1.807) is 0 Å². The van der Waals surface area contributed by atoms with Crippen LogP contribution in [0.1, 0.15) is 0 Å². The van der Waals surface area contributed by atoms with E-state index in [-0.39, 0.29) is 0 Å². The summed E-state index contributed by atoms with van der Waals surface area (Å²) in [4.78, 5) is 0. The van der Waals surface area contributed by atoms with Crippen LogP contribution in [0.25, 0.3) is 27.8 Å². The van der Waals surface area contributed by atoms with Gasteiger partial charge in [-0.15, -0.1) is 0 Å². The summed E-state index contributed by atoms with van der Waals surface area (Å²) in [6, 6.07) is 15.0. The number of hydrogen-bond acceptors (Lipinski definition) is 0. The van der Waals surface area contributed by atoms with Gasteiger partial charge in [-0.3, -0.25) is 4.40 Å². The highest BCUT2D eigenvalue weighted by Gasteiger charge is 2.15. The number of aromatic nitrogens is 3. The average Bonchev–Trinajstić information content (AvgIpc) is 3.06. The summed E-state index contributed by atoms with van der Waals surface area (Å²) in [5.74, 6) is 0. The Labute approximate surface area is 96.4 Å². The van der Waals surface area contributed by atoms with Gasteiger partial charge in [0, 0.05) is 12.4 Å². The van der Waals surface area contributed by atoms with Gasteiger partial charge in [0.25, 0.3) is 0 Å². The van der Waals surface area contributed by atoms with Gasteiger partial charge in [-0.25, -0.2) is 0 Å². The van der Waals surface area contributed by atoms with Crippen LogP contribution in [0.2, 0.25) is 0 Å². The summed E-state index contributed by atoms with van der Waals surface area (Å²) < 4.78 is 6.81. The molecular weight excluding hydrogens is 210 g/mol. The summed E-state index contributed by atoms with van der Waals surface area (Å²) in [5, 5.41) is 0. The van der Waals surface area contributed by atoms with E-state index in [2.05, 4.69) is 68.1 Å². The summed E-state index contributed by atoms with van der Waals surface area (Å²) in [5.41, 5.74) is 6.30. The molecule has 0 fully saturated rings. The lowest BCUT2D eigenvalue weighted by Crippen LogP contribution is -1.82. The van der Waals surface area contributed by atoms with Gasteiger partial charge in [-0.1, -0.05) is 6.07 Å². The SMILES string of the molecule is c1cc2c3c(c1)n1cccc1n3c1cccn21. The van der Waals surface area contributed by atoms with E-state index in [1.165, 1.54) is 27.8 Å². The fourth-order valence-electron chi connectivity index (χ4n) is 3.00. The summed E-state index contributed by atoms with van der Waals surface area (Å²) in [6.07, 6.45) is 4.24. The van der Waals surface area contributed by atoms with Crippen LogP contribution in [0, 0.1) is 0 Å². The molecule has 3 nitrogen and oxygen atoms in total. The summed E-state index contributed by atoms with van der Waals surface area (Å²) in [7, 11) is 0. The molecule has 0 N–H and O–H groups in total. The fraction of sp³-hybridized carbons (Fsp3) is 0. The Morgan fingerprint density at radius 3 is 1.82 bits per heavy atom. The molecular formula is C14H9N3. The van der Waals surface area contributed by atoms with Gasteiger partial charge in [-0.05, 0) is 36.4 Å². The van der Waals surface area contributed by atoms with Crippen molar-refractivity contribution in [1.82, 2.24) is 13.2 Å². The molecule has 0 saturated carbocycles. The van der Waals surface area contributed by atoms with E-state index in [4.69, 9.17) is 0 Å². The summed E-state index contributed by atoms with van der Waals surface area (Å²) in [6.45, 7) is 0. The number of hydrogen-bond donors (Lipinski definition) is 0. The van der Waals surface area contributed by atoms with Crippen LogP contribution in [-0.4, -0.2) is 13.2 Å². The Bertz CT molecular complexity index is 905. The molecule has 17 heavy (non-hydrogen) atoms. The van der Waals surface area contributed by atoms with Gasteiger partial charge in [0.1, 0.15) is 11.3 Å². The second-order valence-corrected chi connectivity index (χ2v) is 4.45. The van der Waals surface area contributed by atoms with Gasteiger partial charge in [0.05, 0.1) is 16.6 Å². The summed E-state index contributed by atoms with van der Waals surface area (Å²) >= 11 is 0. The molecule has 80 valence electrons. The second kappa shape index (κ2) is 2.30. The molecule has 0 radical (unpaired) electrons. The van der Waals surface area contributed by atoms with Crippen molar-refractivity contribution >= 4 is 27.8 Å². The first-order valence-electron chi connectivity index (χ1n) is 5.74. The third-order valence-electron chi connectivity index (χ3n) is 3.65. The van der Waals surface area contributed by atoms with E-state index < -0.39 is 0 Å². The Morgan fingerprint density at radius 1 is 0.647 bits per heavy atom. The molecule has 0 unspecified atom stereocenters. The predicted molar refractivity (Wildman–Crippen MR) is 68.0 cm³/mol. The Kier molecular flexibility index (Phi) is 1.05. The van der Waals surface area contributed by atoms with Crippen molar-refractivity contribution in [2.45, 2.75) is 0 Å². The molecule has 3 heteroatoms. The molecule has 0 bridgehead atoms. The van der Waals surface area contributed by atoms with Crippen molar-refractivity contribution in [2.75, 3.05) is 0 Å². The highest BCUT2D eigenvalue weighted by Crippen LogP contribution is 2.29. The van der Waals surface area contributed by atoms with Crippen LogP contribution >= 0.6 is 0 Å². The van der Waals surface area contributed by atoms with E-state index in [0.29, 0.717) is 0 Å². The second-order valence-electron chi connectivity index (χ2n) is 4.45. The van der Waals surface area contributed by atoms with Crippen molar-refractivity contribution in [3.05, 3.63) is 54.9 Å². The number of para-hydroxylation sites is 1. The average molecular weight is 219 g/mol. The maximum Gasteiger partial charge on any atom is 0.123 e. The van der Waals surface area contributed by atoms with Crippen molar-refractivity contribution in [2.24, 2.45) is 0 Å². The van der Waals surface area contributed by atoms with E-state index in [1.807, 2.05) is 0 Å². The monoisotopic (exact) mass is 219 g/mol. The zero-order valence-corrected chi connectivity index (χ0v) is 9.04. The van der Waals surface area contributed by atoms with Crippen LogP contribution in [0.5, 0.6) is 0 Å². The molecule has 0 aliphatic rings. The minimum atomic E-state index is 1.23. The van der Waals surface area contributed by atoms with Crippen LogP contribution in [0.15, 0.2) is 54.9 Å². The van der Waals surface area contributed by atoms with Crippen LogP contribution in [0.3, 0.4) is 0 Å². The lowest BCUT2D eigenvalue weighted by Gasteiger charge is -1.93. The lowest BCUT2D eigenvalue weighted by molar-refractivity contribution is 1.19. The van der Waals surface area contributed by atoms with E-state index >= 15 is 0 Å². The van der Waals surface area contributed by atoms with Crippen molar-refractivity contribution < 1.29 is 0 Å². The number of benzene rings is 1. The zero-order chi connectivity index (χ0) is 11.0. The normalized spacial score (nSPS) is 12.7. The minimum absolute atomic E-state index is 1.23. The number of fused-ring (bicyclic) bond motifs is 6. The van der Waals surface area contributed by atoms with Crippen molar-refractivity contribution in [3.8, 4) is 0 Å². The first kappa shape index (κ1) is 7.79. The number of rotatable bonds is 0. The van der Waals surface area contributed by atoms with Crippen molar-refractivity contribution in [3.63, 3.8) is 0 Å². The van der Waals surface area contributed by atoms with Crippen LogP contribution < -0.4 is 0 Å². The molecule has 0 spiro atoms. The maximum atomic E-state index is 2.32. The molecule has 4 heterocycles. The van der Waals surface area contributed by atoms with Gasteiger partial charge in [0.2, 0.25) is 0 Å². The first-order chi connectivity index (χ1) is 8.45. The Balaban J connectivity index is 2.39. The minimum Gasteiger partial charge on any atom is -0.301 e. The zero-order valence-electron chi connectivity index (χ0n) is 9.04. The molecule has 0 aliphatic heterocycles. The molecule has 0 amide bonds. The third kappa shape index (κ3) is 0.684. The Morgan fingerprint density at radius 2 is 1.24 bits per heavy atom. The van der Waals surface area contributed by atoms with Gasteiger partial charge in [-0.2, -0.15) is 0 Å². The molecule has 5 aromatic rings. The molecule has 5 rings (SSSR count). The van der Waals surface area contributed by atoms with Crippen LogP contribution in [0.4, 0.5) is 0 Å². The molecule has 0 atom stereocenters. The van der Waals surface area contributed by atoms with Crippen LogP contribution in [-0.2, 0) is 0 Å². The van der Waals surface area contributed by atoms with E-state index in [0.717, 1.165) is 0 Å². The standard InChI is InChI=1S/C14H9N3/c1-4-10-14-11(5-1)16-9-3-7-13(16)17(14)12-6-2-8-15(10)12/h1-9H. The quantitative estimate of drug-likeness (QED) is 0.380. The van der Waals surface area contributed by atoms with E-state index in [9.17, 15) is 0 Å². The maximum absolute atomic E-state index is 2.32.